The summed E-state index contributed by atoms with van der Waals surface area (Å²) in [6.45, 7) is 0. The molecule has 3 N–H and O–H groups in total. The smallest absolute Gasteiger partial charge is 0.234 e. The quantitative estimate of drug-likeness (QED) is 0.392. The van der Waals surface area contributed by atoms with Crippen molar-refractivity contribution in [1.82, 2.24) is 10.2 Å². The van der Waals surface area contributed by atoms with Crippen molar-refractivity contribution in [2.75, 3.05) is 23.1 Å². The number of carbonyl (C=O) groups is 2. The maximum atomic E-state index is 13.3. The van der Waals surface area contributed by atoms with E-state index in [1.54, 1.807) is 18.1 Å². The van der Waals surface area contributed by atoms with Crippen molar-refractivity contribution in [3.05, 3.63) is 82.6 Å². The van der Waals surface area contributed by atoms with Crippen molar-refractivity contribution in [2.24, 2.45) is 5.73 Å². The van der Waals surface area contributed by atoms with Gasteiger partial charge in [-0.15, -0.1) is 10.2 Å². The summed E-state index contributed by atoms with van der Waals surface area (Å²) in [6.07, 6.45) is 1.62. The zero-order chi connectivity index (χ0) is 27.5. The van der Waals surface area contributed by atoms with Gasteiger partial charge in [0.25, 0.3) is 0 Å². The predicted molar refractivity (Wildman–Crippen MR) is 147 cm³/mol. The third-order valence-corrected chi connectivity index (χ3v) is 8.42. The maximum Gasteiger partial charge on any atom is 0.234 e. The van der Waals surface area contributed by atoms with Crippen LogP contribution in [0.4, 0.5) is 15.2 Å². The number of ether oxygens (including phenoxy) is 1. The lowest BCUT2D eigenvalue weighted by molar-refractivity contribution is -0.116. The average Bonchev–Trinajstić information content (AvgIpc) is 3.41. The molecular formula is C27H23FN6O3S2. The maximum absolute atomic E-state index is 13.3. The Labute approximate surface area is 232 Å². The van der Waals surface area contributed by atoms with E-state index >= 15 is 0 Å². The van der Waals surface area contributed by atoms with Crippen LogP contribution in [-0.4, -0.2) is 34.8 Å². The molecule has 39 heavy (non-hydrogen) atoms. The predicted octanol–water partition coefficient (Wildman–Crippen LogP) is 4.72. The summed E-state index contributed by atoms with van der Waals surface area (Å²) in [5.74, 6) is -0.443. The van der Waals surface area contributed by atoms with Crippen molar-refractivity contribution >= 4 is 45.6 Å². The lowest BCUT2D eigenvalue weighted by atomic mass is 9.76. The number of rotatable bonds is 7. The van der Waals surface area contributed by atoms with Crippen molar-refractivity contribution in [3.8, 4) is 11.8 Å². The van der Waals surface area contributed by atoms with Crippen molar-refractivity contribution < 1.29 is 18.7 Å². The Morgan fingerprint density at radius 3 is 2.82 bits per heavy atom. The van der Waals surface area contributed by atoms with Gasteiger partial charge in [-0.3, -0.25) is 14.5 Å². The van der Waals surface area contributed by atoms with E-state index in [4.69, 9.17) is 10.5 Å². The number of allylic oxidation sites excluding steroid dienone is 3. The monoisotopic (exact) mass is 562 g/mol. The topological polar surface area (TPSA) is 134 Å². The van der Waals surface area contributed by atoms with Crippen LogP contribution >= 0.6 is 23.1 Å². The molecule has 1 aromatic heterocycles. The first-order valence-electron chi connectivity index (χ1n) is 12.0. The first-order chi connectivity index (χ1) is 18.9. The summed E-state index contributed by atoms with van der Waals surface area (Å²) >= 11 is 2.40. The Morgan fingerprint density at radius 1 is 1.28 bits per heavy atom. The van der Waals surface area contributed by atoms with E-state index < -0.39 is 5.92 Å². The first kappa shape index (κ1) is 26.4. The molecule has 12 heteroatoms. The number of ketones is 1. The summed E-state index contributed by atoms with van der Waals surface area (Å²) < 4.78 is 19.0. The van der Waals surface area contributed by atoms with Gasteiger partial charge < -0.3 is 15.8 Å². The number of amides is 1. The molecule has 2 aromatic carbocycles. The summed E-state index contributed by atoms with van der Waals surface area (Å²) in [5.41, 5.74) is 9.31. The largest absolute Gasteiger partial charge is 0.497 e. The molecule has 0 fully saturated rings. The number of nitrogens with two attached hydrogens (primary N) is 1. The van der Waals surface area contributed by atoms with E-state index in [1.165, 1.54) is 47.4 Å². The highest BCUT2D eigenvalue weighted by molar-refractivity contribution is 8.01. The van der Waals surface area contributed by atoms with E-state index in [-0.39, 0.29) is 34.7 Å². The third-order valence-electron chi connectivity index (χ3n) is 6.38. The molecule has 0 saturated carbocycles. The minimum absolute atomic E-state index is 0.0362. The molecule has 1 aliphatic carbocycles. The minimum atomic E-state index is -0.610. The molecule has 0 spiro atoms. The molecular weight excluding hydrogens is 539 g/mol. The van der Waals surface area contributed by atoms with Crippen LogP contribution in [0.1, 0.15) is 30.7 Å². The Bertz CT molecular complexity index is 1540. The summed E-state index contributed by atoms with van der Waals surface area (Å²) in [4.78, 5) is 27.3. The highest BCUT2D eigenvalue weighted by Crippen LogP contribution is 2.47. The molecule has 0 radical (unpaired) electrons. The van der Waals surface area contributed by atoms with E-state index in [1.807, 2.05) is 18.2 Å². The fourth-order valence-corrected chi connectivity index (χ4v) is 6.35. The molecule has 0 saturated heterocycles. The van der Waals surface area contributed by atoms with Crippen molar-refractivity contribution in [2.45, 2.75) is 29.5 Å². The molecule has 5 rings (SSSR count). The van der Waals surface area contributed by atoms with Gasteiger partial charge in [-0.1, -0.05) is 35.2 Å². The van der Waals surface area contributed by atoms with E-state index in [0.29, 0.717) is 51.4 Å². The zero-order valence-corrected chi connectivity index (χ0v) is 22.4. The van der Waals surface area contributed by atoms with Gasteiger partial charge in [-0.25, -0.2) is 4.39 Å². The number of nitrogens with one attached hydrogen (secondary N) is 1. The molecule has 1 aliphatic heterocycles. The number of carbonyl (C=O) groups excluding carboxylic acids is 2. The van der Waals surface area contributed by atoms with Crippen molar-refractivity contribution in [3.63, 3.8) is 0 Å². The van der Waals surface area contributed by atoms with Crippen LogP contribution in [0.5, 0.6) is 5.75 Å². The number of aromatic nitrogens is 2. The van der Waals surface area contributed by atoms with E-state index in [2.05, 4.69) is 21.6 Å². The number of benzene rings is 2. The van der Waals surface area contributed by atoms with Gasteiger partial charge in [0.15, 0.2) is 10.1 Å². The third kappa shape index (κ3) is 5.36. The van der Waals surface area contributed by atoms with Gasteiger partial charge in [0, 0.05) is 23.4 Å². The number of nitrogens with zero attached hydrogens (tertiary/aromatic N) is 4. The van der Waals surface area contributed by atoms with Crippen LogP contribution in [0.25, 0.3) is 0 Å². The van der Waals surface area contributed by atoms with Crippen LogP contribution in [0.2, 0.25) is 0 Å². The van der Waals surface area contributed by atoms with Gasteiger partial charge in [-0.05, 0) is 54.8 Å². The summed E-state index contributed by atoms with van der Waals surface area (Å²) in [7, 11) is 1.56. The van der Waals surface area contributed by atoms with Crippen LogP contribution in [-0.2, 0) is 9.59 Å². The number of hydrogen-bond acceptors (Lipinski definition) is 10. The van der Waals surface area contributed by atoms with Crippen molar-refractivity contribution in [1.29, 1.82) is 5.26 Å². The fraction of sp³-hybridized carbons (Fsp3) is 0.222. The highest BCUT2D eigenvalue weighted by atomic mass is 32.2. The van der Waals surface area contributed by atoms with Crippen LogP contribution < -0.4 is 20.7 Å². The number of Topliss-reactive ketones (excluding diaryl/α,β-unsaturated/α-hetero) is 1. The molecule has 1 unspecified atom stereocenters. The Balaban J connectivity index is 1.42. The minimum Gasteiger partial charge on any atom is -0.497 e. The van der Waals surface area contributed by atoms with Gasteiger partial charge >= 0.3 is 0 Å². The number of halogens is 1. The van der Waals surface area contributed by atoms with Gasteiger partial charge in [0.1, 0.15) is 17.4 Å². The number of nitriles is 1. The molecule has 1 amide bonds. The van der Waals surface area contributed by atoms with Crippen LogP contribution in [0.3, 0.4) is 0 Å². The lowest BCUT2D eigenvalue weighted by Gasteiger charge is -2.38. The molecule has 3 aromatic rings. The number of methoxy groups -OCH3 is 1. The molecule has 198 valence electrons. The zero-order valence-electron chi connectivity index (χ0n) is 20.8. The van der Waals surface area contributed by atoms with Gasteiger partial charge in [0.05, 0.1) is 30.4 Å². The van der Waals surface area contributed by atoms with Crippen LogP contribution in [0, 0.1) is 17.1 Å². The standard InChI is InChI=1S/C27H23FN6O3S2/c1-37-18-5-2-4-15(12-18)23-19(13-29)25(30)34(20-6-3-7-21(35)24(20)23)26-32-33-27(39-26)38-14-22(36)31-17-10-8-16(28)9-11-17/h2,4-5,8-12,23H,3,6-7,14,30H2,1H3,(H,31,36). The number of thioether (sulfide) groups is 1. The second-order valence-electron chi connectivity index (χ2n) is 8.79. The first-order valence-corrected chi connectivity index (χ1v) is 13.8. The van der Waals surface area contributed by atoms with Crippen LogP contribution in [0.15, 0.2) is 75.5 Å². The molecule has 2 heterocycles. The SMILES string of the molecule is COc1cccc(C2C(C#N)=C(N)N(c3nnc(SCC(=O)Nc4ccc(F)cc4)s3)C3=C2C(=O)CCC3)c1. The summed E-state index contributed by atoms with van der Waals surface area (Å²) in [6, 6.07) is 15.0. The Kier molecular flexibility index (Phi) is 7.63. The number of hydrogen-bond donors (Lipinski definition) is 2. The molecule has 9 nitrogen and oxygen atoms in total. The van der Waals surface area contributed by atoms with Gasteiger partial charge in [-0.2, -0.15) is 5.26 Å². The van der Waals surface area contributed by atoms with Gasteiger partial charge in [0.2, 0.25) is 11.0 Å². The number of anilines is 2. The second-order valence-corrected chi connectivity index (χ2v) is 11.0. The summed E-state index contributed by atoms with van der Waals surface area (Å²) in [5, 5.41) is 21.8. The van der Waals surface area contributed by atoms with E-state index in [9.17, 15) is 19.2 Å². The molecule has 0 bridgehead atoms. The Morgan fingerprint density at radius 2 is 2.08 bits per heavy atom. The fourth-order valence-electron chi connectivity index (χ4n) is 4.67. The second kappa shape index (κ2) is 11.3. The average molecular weight is 563 g/mol. The lowest BCUT2D eigenvalue weighted by Crippen LogP contribution is -2.38. The highest BCUT2D eigenvalue weighted by Gasteiger charge is 2.41. The van der Waals surface area contributed by atoms with E-state index in [0.717, 1.165) is 5.56 Å². The molecule has 2 aliphatic rings. The Hall–Kier alpha value is -4.21. The normalized spacial score (nSPS) is 17.1. The molecule has 1 atom stereocenters.